The van der Waals surface area contributed by atoms with E-state index in [1.54, 1.807) is 6.07 Å². The number of halogens is 4. The first-order chi connectivity index (χ1) is 13.8. The number of carboxylic acids is 1. The summed E-state index contributed by atoms with van der Waals surface area (Å²) >= 11 is 19.6. The van der Waals surface area contributed by atoms with Gasteiger partial charge >= 0.3 is 5.97 Å². The maximum Gasteiger partial charge on any atom is 0.307 e. The summed E-state index contributed by atoms with van der Waals surface area (Å²) in [7, 11) is 0. The number of thiazole rings is 1. The molecule has 11 heteroatoms. The van der Waals surface area contributed by atoms with Crippen molar-refractivity contribution in [3.63, 3.8) is 0 Å². The monoisotopic (exact) mass is 474 g/mol. The lowest BCUT2D eigenvalue weighted by molar-refractivity contribution is -0.142. The molecule has 0 spiro atoms. The smallest absolute Gasteiger partial charge is 0.307 e. The second-order valence-corrected chi connectivity index (χ2v) is 8.44. The van der Waals surface area contributed by atoms with Gasteiger partial charge in [0.2, 0.25) is 0 Å². The van der Waals surface area contributed by atoms with Crippen LogP contribution in [0.4, 0.5) is 10.1 Å². The normalized spacial score (nSPS) is 16.1. The Morgan fingerprint density at radius 3 is 2.79 bits per heavy atom. The number of hydrogen-bond acceptors (Lipinski definition) is 5. The molecule has 0 saturated carbocycles. The lowest BCUT2D eigenvalue weighted by atomic mass is 10.1. The largest absolute Gasteiger partial charge is 0.481 e. The molecule has 0 saturated heterocycles. The van der Waals surface area contributed by atoms with Gasteiger partial charge in [-0.15, -0.1) is 11.3 Å². The molecule has 29 heavy (non-hydrogen) atoms. The summed E-state index contributed by atoms with van der Waals surface area (Å²) in [4.78, 5) is 29.6. The molecule has 2 heterocycles. The van der Waals surface area contributed by atoms with Crippen molar-refractivity contribution in [2.24, 2.45) is 0 Å². The van der Waals surface area contributed by atoms with Gasteiger partial charge in [-0.05, 0) is 18.2 Å². The fourth-order valence-electron chi connectivity index (χ4n) is 2.99. The van der Waals surface area contributed by atoms with Gasteiger partial charge in [0, 0.05) is 0 Å². The highest BCUT2D eigenvalue weighted by atomic mass is 35.5. The highest BCUT2D eigenvalue weighted by Crippen LogP contribution is 2.41. The Morgan fingerprint density at radius 2 is 2.07 bits per heavy atom. The average Bonchev–Trinajstić information content (AvgIpc) is 3.06. The summed E-state index contributed by atoms with van der Waals surface area (Å²) in [5, 5.41) is 10.2. The topological polar surface area (TPSA) is 79.7 Å². The fraction of sp³-hybridized carbons (Fsp3) is 0.167. The van der Waals surface area contributed by atoms with E-state index in [0.717, 1.165) is 0 Å². The minimum absolute atomic E-state index is 0.0281. The molecule has 1 unspecified atom stereocenters. The molecule has 150 valence electrons. The van der Waals surface area contributed by atoms with Gasteiger partial charge in [0.25, 0.3) is 5.91 Å². The molecule has 4 rings (SSSR count). The number of aromatic nitrogens is 1. The van der Waals surface area contributed by atoms with Crippen molar-refractivity contribution in [3.05, 3.63) is 50.2 Å². The number of carboxylic acid groups (broad SMARTS) is 1. The van der Waals surface area contributed by atoms with E-state index in [1.807, 2.05) is 0 Å². The molecular weight excluding hydrogens is 466 g/mol. The number of carbonyl (C=O) groups excluding carboxylic acids is 1. The van der Waals surface area contributed by atoms with Gasteiger partial charge in [0.15, 0.2) is 17.7 Å². The molecule has 1 aliphatic heterocycles. The SMILES string of the molecule is O=C(O)CC1Oc2c(F)cccc2N(Cc2nc3c(Cl)c(Cl)c(Cl)cc3s2)C1=O. The van der Waals surface area contributed by atoms with E-state index in [0.29, 0.717) is 15.2 Å². The Bertz CT molecular complexity index is 1170. The Morgan fingerprint density at radius 1 is 1.31 bits per heavy atom. The van der Waals surface area contributed by atoms with Crippen molar-refractivity contribution in [2.45, 2.75) is 19.1 Å². The van der Waals surface area contributed by atoms with Crippen molar-refractivity contribution in [1.29, 1.82) is 0 Å². The first-order valence-corrected chi connectivity index (χ1v) is 10.1. The van der Waals surface area contributed by atoms with Crippen molar-refractivity contribution in [2.75, 3.05) is 4.90 Å². The van der Waals surface area contributed by atoms with Crippen LogP contribution in [-0.4, -0.2) is 28.1 Å². The molecule has 2 aromatic carbocycles. The zero-order valence-corrected chi connectivity index (χ0v) is 17.4. The highest BCUT2D eigenvalue weighted by molar-refractivity contribution is 7.18. The van der Waals surface area contributed by atoms with Crippen molar-refractivity contribution >= 4 is 73.9 Å². The zero-order valence-electron chi connectivity index (χ0n) is 14.3. The minimum atomic E-state index is -1.35. The van der Waals surface area contributed by atoms with E-state index in [1.165, 1.54) is 34.4 Å². The van der Waals surface area contributed by atoms with E-state index in [4.69, 9.17) is 44.6 Å². The van der Waals surface area contributed by atoms with Crippen LogP contribution in [0, 0.1) is 5.82 Å². The van der Waals surface area contributed by atoms with E-state index < -0.39 is 30.2 Å². The van der Waals surface area contributed by atoms with E-state index >= 15 is 0 Å². The minimum Gasteiger partial charge on any atom is -0.481 e. The predicted molar refractivity (Wildman–Crippen MR) is 109 cm³/mol. The summed E-state index contributed by atoms with van der Waals surface area (Å²) in [6.45, 7) is -0.0281. The van der Waals surface area contributed by atoms with Crippen molar-refractivity contribution in [3.8, 4) is 5.75 Å². The molecule has 0 fully saturated rings. The zero-order chi connectivity index (χ0) is 20.9. The van der Waals surface area contributed by atoms with Crippen LogP contribution >= 0.6 is 46.1 Å². The number of anilines is 1. The number of benzene rings is 2. The van der Waals surface area contributed by atoms with Crippen molar-refractivity contribution in [1.82, 2.24) is 4.98 Å². The van der Waals surface area contributed by atoms with Crippen LogP contribution in [0.15, 0.2) is 24.3 Å². The van der Waals surface area contributed by atoms with Gasteiger partial charge in [-0.1, -0.05) is 40.9 Å². The second kappa shape index (κ2) is 7.60. The molecule has 3 aromatic rings. The molecule has 1 aliphatic rings. The Balaban J connectivity index is 1.76. The number of fused-ring (bicyclic) bond motifs is 2. The number of nitrogens with zero attached hydrogens (tertiary/aromatic N) is 2. The Kier molecular flexibility index (Phi) is 5.29. The number of carbonyl (C=O) groups is 2. The Labute approximate surface area is 182 Å². The Hall–Kier alpha value is -2.13. The summed E-state index contributed by atoms with van der Waals surface area (Å²) in [5.41, 5.74) is 0.626. The number of rotatable bonds is 4. The standard InChI is InChI=1S/C18H10Cl3FN2O4S/c19-7-4-11-16(15(21)14(7)20)23-12(29-11)6-24-9-3-1-2-8(22)17(9)28-10(18(24)27)5-13(25)26/h1-4,10H,5-6H2,(H,25,26). The molecular formula is C18H10Cl3FN2O4S. The summed E-state index contributed by atoms with van der Waals surface area (Å²) in [6, 6.07) is 5.74. The first kappa shape index (κ1) is 20.2. The number of hydrogen-bond donors (Lipinski definition) is 1. The lowest BCUT2D eigenvalue weighted by Gasteiger charge is -2.33. The lowest BCUT2D eigenvalue weighted by Crippen LogP contribution is -2.46. The maximum atomic E-state index is 14.3. The number of amides is 1. The third-order valence-corrected chi connectivity index (χ3v) is 6.50. The highest BCUT2D eigenvalue weighted by Gasteiger charge is 2.37. The number of para-hydroxylation sites is 1. The number of aliphatic carboxylic acids is 1. The molecule has 0 radical (unpaired) electrons. The van der Waals surface area contributed by atoms with Gasteiger partial charge in [0.05, 0.1) is 38.4 Å². The second-order valence-electron chi connectivity index (χ2n) is 6.16. The van der Waals surface area contributed by atoms with Crippen molar-refractivity contribution < 1.29 is 23.8 Å². The van der Waals surface area contributed by atoms with Gasteiger partial charge in [-0.25, -0.2) is 9.37 Å². The molecule has 1 amide bonds. The molecule has 1 aromatic heterocycles. The molecule has 0 bridgehead atoms. The van der Waals surface area contributed by atoms with Gasteiger partial charge in [-0.2, -0.15) is 0 Å². The van der Waals surface area contributed by atoms with E-state index in [-0.39, 0.29) is 33.0 Å². The van der Waals surface area contributed by atoms with Gasteiger partial charge in [0.1, 0.15) is 10.5 Å². The predicted octanol–water partition coefficient (Wildman–Crippen LogP) is 5.16. The number of ether oxygens (including phenoxy) is 1. The summed E-state index contributed by atoms with van der Waals surface area (Å²) in [6.07, 6.45) is -1.95. The summed E-state index contributed by atoms with van der Waals surface area (Å²) in [5.74, 6) is -2.71. The molecule has 1 N–H and O–H groups in total. The van der Waals surface area contributed by atoms with Gasteiger partial charge < -0.3 is 9.84 Å². The van der Waals surface area contributed by atoms with Crippen LogP contribution in [0.5, 0.6) is 5.75 Å². The van der Waals surface area contributed by atoms with Crippen LogP contribution < -0.4 is 9.64 Å². The molecule has 1 atom stereocenters. The molecule has 0 aliphatic carbocycles. The van der Waals surface area contributed by atoms with E-state index in [9.17, 15) is 14.0 Å². The van der Waals surface area contributed by atoms with E-state index in [2.05, 4.69) is 4.98 Å². The third kappa shape index (κ3) is 3.61. The molecule has 6 nitrogen and oxygen atoms in total. The average molecular weight is 476 g/mol. The third-order valence-electron chi connectivity index (χ3n) is 4.26. The summed E-state index contributed by atoms with van der Waals surface area (Å²) < 4.78 is 20.3. The first-order valence-electron chi connectivity index (χ1n) is 8.17. The quantitative estimate of drug-likeness (QED) is 0.527. The fourth-order valence-corrected chi connectivity index (χ4v) is 4.75. The van der Waals surface area contributed by atoms with Crippen LogP contribution in [0.3, 0.4) is 0 Å². The van der Waals surface area contributed by atoms with Crippen LogP contribution in [0.2, 0.25) is 15.1 Å². The maximum absolute atomic E-state index is 14.3. The van der Waals surface area contributed by atoms with Gasteiger partial charge in [-0.3, -0.25) is 14.5 Å². The van der Waals surface area contributed by atoms with Crippen LogP contribution in [-0.2, 0) is 16.1 Å². The van der Waals surface area contributed by atoms with Crippen LogP contribution in [0.25, 0.3) is 10.2 Å². The van der Waals surface area contributed by atoms with Crippen LogP contribution in [0.1, 0.15) is 11.4 Å².